The molecule has 1 heterocycles. The van der Waals surface area contributed by atoms with Gasteiger partial charge in [0.25, 0.3) is 0 Å². The molecule has 94 valence electrons. The molecule has 0 bridgehead atoms. The van der Waals surface area contributed by atoms with Gasteiger partial charge < -0.3 is 10.6 Å². The van der Waals surface area contributed by atoms with E-state index in [1.807, 2.05) is 0 Å². The van der Waals surface area contributed by atoms with Crippen LogP contribution in [0.2, 0.25) is 0 Å². The lowest BCUT2D eigenvalue weighted by atomic mass is 9.80. The average molecular weight is 226 g/mol. The third-order valence-corrected chi connectivity index (χ3v) is 3.62. The minimum Gasteiger partial charge on any atom is -0.353 e. The average Bonchev–Trinajstić information content (AvgIpc) is 2.27. The quantitative estimate of drug-likeness (QED) is 0.753. The summed E-state index contributed by atoms with van der Waals surface area (Å²) < 4.78 is 0. The first-order chi connectivity index (χ1) is 7.58. The summed E-state index contributed by atoms with van der Waals surface area (Å²) >= 11 is 0. The SMILES string of the molecule is CCCCC(C)NC(=O)C1(C)CCNCC1. The van der Waals surface area contributed by atoms with Gasteiger partial charge in [0.05, 0.1) is 0 Å². The predicted molar refractivity (Wildman–Crippen MR) is 67.3 cm³/mol. The number of rotatable bonds is 5. The molecular formula is C13H26N2O. The molecule has 1 unspecified atom stereocenters. The Labute approximate surface area is 99.4 Å². The topological polar surface area (TPSA) is 41.1 Å². The van der Waals surface area contributed by atoms with Gasteiger partial charge in [0.15, 0.2) is 0 Å². The van der Waals surface area contributed by atoms with Crippen LogP contribution in [0, 0.1) is 5.41 Å². The summed E-state index contributed by atoms with van der Waals surface area (Å²) in [4.78, 5) is 12.2. The smallest absolute Gasteiger partial charge is 0.226 e. The van der Waals surface area contributed by atoms with Crippen LogP contribution in [0.4, 0.5) is 0 Å². The molecule has 3 nitrogen and oxygen atoms in total. The Kier molecular flexibility index (Phi) is 5.26. The Bertz CT molecular complexity index is 222. The van der Waals surface area contributed by atoms with Crippen LogP contribution in [-0.2, 0) is 4.79 Å². The predicted octanol–water partition coefficient (Wildman–Crippen LogP) is 2.07. The Morgan fingerprint density at radius 1 is 1.44 bits per heavy atom. The number of amides is 1. The fourth-order valence-corrected chi connectivity index (χ4v) is 2.19. The maximum absolute atomic E-state index is 12.2. The molecule has 0 spiro atoms. The van der Waals surface area contributed by atoms with E-state index in [1.165, 1.54) is 12.8 Å². The summed E-state index contributed by atoms with van der Waals surface area (Å²) in [5, 5.41) is 6.46. The second-order valence-corrected chi connectivity index (χ2v) is 5.33. The fraction of sp³-hybridized carbons (Fsp3) is 0.923. The summed E-state index contributed by atoms with van der Waals surface area (Å²) in [7, 11) is 0. The van der Waals surface area contributed by atoms with Crippen molar-refractivity contribution in [2.45, 2.75) is 58.9 Å². The standard InChI is InChI=1S/C13H26N2O/c1-4-5-6-11(2)15-12(16)13(3)7-9-14-10-8-13/h11,14H,4-10H2,1-3H3,(H,15,16). The number of piperidine rings is 1. The molecular weight excluding hydrogens is 200 g/mol. The lowest BCUT2D eigenvalue weighted by Gasteiger charge is -2.33. The summed E-state index contributed by atoms with van der Waals surface area (Å²) in [6.45, 7) is 8.32. The van der Waals surface area contributed by atoms with Crippen LogP contribution in [0.1, 0.15) is 52.9 Å². The van der Waals surface area contributed by atoms with E-state index in [2.05, 4.69) is 31.4 Å². The van der Waals surface area contributed by atoms with Crippen molar-refractivity contribution >= 4 is 5.91 Å². The van der Waals surface area contributed by atoms with E-state index >= 15 is 0 Å². The zero-order chi connectivity index (χ0) is 12.0. The fourth-order valence-electron chi connectivity index (χ4n) is 2.19. The Balaban J connectivity index is 2.38. The Hall–Kier alpha value is -0.570. The molecule has 0 aliphatic carbocycles. The first-order valence-electron chi connectivity index (χ1n) is 6.60. The van der Waals surface area contributed by atoms with Gasteiger partial charge in [-0.3, -0.25) is 4.79 Å². The van der Waals surface area contributed by atoms with Crippen molar-refractivity contribution in [2.24, 2.45) is 5.41 Å². The molecule has 0 radical (unpaired) electrons. The highest BCUT2D eigenvalue weighted by atomic mass is 16.2. The summed E-state index contributed by atoms with van der Waals surface area (Å²) in [5.74, 6) is 0.248. The van der Waals surface area contributed by atoms with Gasteiger partial charge in [-0.1, -0.05) is 26.7 Å². The van der Waals surface area contributed by atoms with Gasteiger partial charge in [-0.15, -0.1) is 0 Å². The minimum absolute atomic E-state index is 0.147. The van der Waals surface area contributed by atoms with E-state index < -0.39 is 0 Å². The van der Waals surface area contributed by atoms with E-state index in [1.54, 1.807) is 0 Å². The summed E-state index contributed by atoms with van der Waals surface area (Å²) in [6, 6.07) is 0.319. The molecule has 1 rings (SSSR count). The third kappa shape index (κ3) is 3.78. The molecule has 3 heteroatoms. The van der Waals surface area contributed by atoms with Gasteiger partial charge in [0.2, 0.25) is 5.91 Å². The van der Waals surface area contributed by atoms with E-state index in [4.69, 9.17) is 0 Å². The number of unbranched alkanes of at least 4 members (excludes halogenated alkanes) is 1. The Morgan fingerprint density at radius 3 is 2.62 bits per heavy atom. The van der Waals surface area contributed by atoms with E-state index in [0.717, 1.165) is 32.4 Å². The molecule has 1 saturated heterocycles. The molecule has 1 atom stereocenters. The maximum Gasteiger partial charge on any atom is 0.226 e. The van der Waals surface area contributed by atoms with Crippen LogP contribution in [-0.4, -0.2) is 25.0 Å². The second kappa shape index (κ2) is 6.24. The monoisotopic (exact) mass is 226 g/mol. The van der Waals surface area contributed by atoms with Gasteiger partial charge >= 0.3 is 0 Å². The van der Waals surface area contributed by atoms with Crippen molar-refractivity contribution in [2.75, 3.05) is 13.1 Å². The van der Waals surface area contributed by atoms with Crippen molar-refractivity contribution in [3.8, 4) is 0 Å². The molecule has 0 saturated carbocycles. The first kappa shape index (κ1) is 13.5. The molecule has 1 aliphatic heterocycles. The van der Waals surface area contributed by atoms with Gasteiger partial charge in [-0.05, 0) is 39.3 Å². The zero-order valence-electron chi connectivity index (χ0n) is 10.9. The van der Waals surface area contributed by atoms with Crippen molar-refractivity contribution in [3.63, 3.8) is 0 Å². The molecule has 0 aromatic rings. The second-order valence-electron chi connectivity index (χ2n) is 5.33. The van der Waals surface area contributed by atoms with Crippen LogP contribution in [0.5, 0.6) is 0 Å². The number of carbonyl (C=O) groups is 1. The van der Waals surface area contributed by atoms with Gasteiger partial charge in [-0.25, -0.2) is 0 Å². The molecule has 0 aromatic carbocycles. The zero-order valence-corrected chi connectivity index (χ0v) is 10.9. The van der Waals surface area contributed by atoms with Gasteiger partial charge in [0.1, 0.15) is 0 Å². The molecule has 1 amide bonds. The molecule has 1 fully saturated rings. The van der Waals surface area contributed by atoms with E-state index in [9.17, 15) is 4.79 Å². The first-order valence-corrected chi connectivity index (χ1v) is 6.60. The van der Waals surface area contributed by atoms with Crippen molar-refractivity contribution in [1.29, 1.82) is 0 Å². The largest absolute Gasteiger partial charge is 0.353 e. The highest BCUT2D eigenvalue weighted by molar-refractivity contribution is 5.82. The highest BCUT2D eigenvalue weighted by Crippen LogP contribution is 2.28. The van der Waals surface area contributed by atoms with Crippen molar-refractivity contribution < 1.29 is 4.79 Å². The number of hydrogen-bond acceptors (Lipinski definition) is 2. The van der Waals surface area contributed by atoms with Crippen molar-refractivity contribution in [1.82, 2.24) is 10.6 Å². The van der Waals surface area contributed by atoms with Crippen LogP contribution in [0.3, 0.4) is 0 Å². The lowest BCUT2D eigenvalue weighted by molar-refractivity contribution is -0.132. The van der Waals surface area contributed by atoms with Crippen molar-refractivity contribution in [3.05, 3.63) is 0 Å². The highest BCUT2D eigenvalue weighted by Gasteiger charge is 2.34. The molecule has 2 N–H and O–H groups in total. The van der Waals surface area contributed by atoms with Crippen LogP contribution < -0.4 is 10.6 Å². The molecule has 0 aromatic heterocycles. The van der Waals surface area contributed by atoms with Crippen LogP contribution >= 0.6 is 0 Å². The van der Waals surface area contributed by atoms with E-state index in [0.29, 0.717) is 6.04 Å². The maximum atomic E-state index is 12.2. The van der Waals surface area contributed by atoms with Gasteiger partial charge in [-0.2, -0.15) is 0 Å². The number of carbonyl (C=O) groups excluding carboxylic acids is 1. The normalized spacial score (nSPS) is 21.4. The van der Waals surface area contributed by atoms with Gasteiger partial charge in [0, 0.05) is 11.5 Å². The molecule has 16 heavy (non-hydrogen) atoms. The Morgan fingerprint density at radius 2 is 2.06 bits per heavy atom. The number of nitrogens with one attached hydrogen (secondary N) is 2. The van der Waals surface area contributed by atoms with Crippen LogP contribution in [0.25, 0.3) is 0 Å². The van der Waals surface area contributed by atoms with Crippen LogP contribution in [0.15, 0.2) is 0 Å². The summed E-state index contributed by atoms with van der Waals surface area (Å²) in [5.41, 5.74) is -0.147. The minimum atomic E-state index is -0.147. The summed E-state index contributed by atoms with van der Waals surface area (Å²) in [6.07, 6.45) is 5.40. The number of hydrogen-bond donors (Lipinski definition) is 2. The molecule has 1 aliphatic rings. The lowest BCUT2D eigenvalue weighted by Crippen LogP contribution is -2.48. The van der Waals surface area contributed by atoms with E-state index in [-0.39, 0.29) is 11.3 Å². The third-order valence-electron chi connectivity index (χ3n) is 3.62.